The van der Waals surface area contributed by atoms with Crippen LogP contribution >= 0.6 is 0 Å². The first-order chi connectivity index (χ1) is 13.1. The number of rotatable bonds is 6. The van der Waals surface area contributed by atoms with Gasteiger partial charge in [-0.25, -0.2) is 4.98 Å². The Bertz CT molecular complexity index is 944. The van der Waals surface area contributed by atoms with Gasteiger partial charge in [-0.2, -0.15) is 0 Å². The highest BCUT2D eigenvalue weighted by Crippen LogP contribution is 2.17. The quantitative estimate of drug-likeness (QED) is 0.660. The number of carbonyl (C=O) groups excluding carboxylic acids is 2. The van der Waals surface area contributed by atoms with E-state index in [1.54, 1.807) is 12.1 Å². The fraction of sp³-hybridized carbons (Fsp3) is 0.286. The lowest BCUT2D eigenvalue weighted by atomic mass is 10.1. The molecule has 2 N–H and O–H groups in total. The first-order valence-electron chi connectivity index (χ1n) is 9.18. The molecule has 0 radical (unpaired) electrons. The Morgan fingerprint density at radius 1 is 1.04 bits per heavy atom. The predicted octanol–water partition coefficient (Wildman–Crippen LogP) is 3.15. The van der Waals surface area contributed by atoms with Gasteiger partial charge in [-0.3, -0.25) is 20.4 Å². The van der Waals surface area contributed by atoms with Crippen LogP contribution in [-0.4, -0.2) is 21.4 Å². The van der Waals surface area contributed by atoms with E-state index in [4.69, 9.17) is 0 Å². The molecular weight excluding hydrogens is 340 g/mol. The van der Waals surface area contributed by atoms with Crippen LogP contribution in [0.25, 0.3) is 11.0 Å². The van der Waals surface area contributed by atoms with Crippen LogP contribution in [-0.2, 0) is 17.8 Å². The Morgan fingerprint density at radius 3 is 2.52 bits per heavy atom. The third-order valence-electron chi connectivity index (χ3n) is 4.42. The number of benzene rings is 2. The Kier molecular flexibility index (Phi) is 5.86. The number of aryl methyl sites for hydroxylation is 2. The normalized spacial score (nSPS) is 10.7. The van der Waals surface area contributed by atoms with Crippen LogP contribution in [0.15, 0.2) is 48.5 Å². The molecule has 2 amide bonds. The number of aromatic nitrogens is 2. The fourth-order valence-electron chi connectivity index (χ4n) is 2.91. The smallest absolute Gasteiger partial charge is 0.269 e. The summed E-state index contributed by atoms with van der Waals surface area (Å²) in [6.45, 7) is 4.18. The van der Waals surface area contributed by atoms with E-state index in [9.17, 15) is 9.59 Å². The number of nitrogens with one attached hydrogen (secondary N) is 2. The first-order valence-corrected chi connectivity index (χ1v) is 9.18. The molecule has 2 aromatic carbocycles. The van der Waals surface area contributed by atoms with Crippen molar-refractivity contribution in [3.63, 3.8) is 0 Å². The van der Waals surface area contributed by atoms with Crippen molar-refractivity contribution in [1.82, 2.24) is 20.4 Å². The molecule has 6 heteroatoms. The molecule has 0 aliphatic heterocycles. The van der Waals surface area contributed by atoms with Crippen molar-refractivity contribution >= 4 is 22.8 Å². The summed E-state index contributed by atoms with van der Waals surface area (Å²) < 4.78 is 1.92. The average molecular weight is 364 g/mol. The van der Waals surface area contributed by atoms with Gasteiger partial charge in [-0.15, -0.1) is 0 Å². The maximum atomic E-state index is 12.4. The molecule has 0 saturated heterocycles. The molecule has 3 aromatic rings. The number of para-hydroxylation sites is 2. The molecule has 0 unspecified atom stereocenters. The van der Waals surface area contributed by atoms with Gasteiger partial charge in [0.05, 0.1) is 11.0 Å². The SMILES string of the molecule is CCCCc1nc2ccccc2n1CC(=O)NNC(=O)c1ccc(C)cc1. The molecule has 140 valence electrons. The largest absolute Gasteiger partial charge is 0.318 e. The van der Waals surface area contributed by atoms with Crippen molar-refractivity contribution in [3.05, 3.63) is 65.5 Å². The third-order valence-corrected chi connectivity index (χ3v) is 4.42. The molecule has 3 rings (SSSR count). The van der Waals surface area contributed by atoms with Crippen LogP contribution in [0.3, 0.4) is 0 Å². The van der Waals surface area contributed by atoms with Gasteiger partial charge in [-0.1, -0.05) is 43.2 Å². The van der Waals surface area contributed by atoms with Gasteiger partial charge in [0.2, 0.25) is 0 Å². The molecule has 0 bridgehead atoms. The zero-order valence-electron chi connectivity index (χ0n) is 15.7. The van der Waals surface area contributed by atoms with Gasteiger partial charge in [-0.05, 0) is 37.6 Å². The highest BCUT2D eigenvalue weighted by atomic mass is 16.2. The summed E-state index contributed by atoms with van der Waals surface area (Å²) in [5.74, 6) is 0.250. The Hall–Kier alpha value is -3.15. The van der Waals surface area contributed by atoms with Gasteiger partial charge < -0.3 is 4.57 Å². The van der Waals surface area contributed by atoms with E-state index in [0.29, 0.717) is 5.56 Å². The lowest BCUT2D eigenvalue weighted by molar-refractivity contribution is -0.122. The Labute approximate surface area is 158 Å². The van der Waals surface area contributed by atoms with Crippen LogP contribution < -0.4 is 10.9 Å². The number of imidazole rings is 1. The summed E-state index contributed by atoms with van der Waals surface area (Å²) in [5.41, 5.74) is 8.33. The molecule has 27 heavy (non-hydrogen) atoms. The Balaban J connectivity index is 1.68. The minimum Gasteiger partial charge on any atom is -0.318 e. The zero-order valence-corrected chi connectivity index (χ0v) is 15.7. The van der Waals surface area contributed by atoms with E-state index in [1.807, 2.05) is 47.9 Å². The van der Waals surface area contributed by atoms with Crippen LogP contribution in [0, 0.1) is 6.92 Å². The van der Waals surface area contributed by atoms with Crippen molar-refractivity contribution in [1.29, 1.82) is 0 Å². The Morgan fingerprint density at radius 2 is 1.78 bits per heavy atom. The predicted molar refractivity (Wildman–Crippen MR) is 105 cm³/mol. The minimum absolute atomic E-state index is 0.105. The molecule has 6 nitrogen and oxygen atoms in total. The maximum absolute atomic E-state index is 12.4. The van der Waals surface area contributed by atoms with Crippen LogP contribution in [0.4, 0.5) is 0 Å². The number of unbranched alkanes of at least 4 members (excludes halogenated alkanes) is 1. The second-order valence-electron chi connectivity index (χ2n) is 6.57. The van der Waals surface area contributed by atoms with E-state index >= 15 is 0 Å². The molecule has 1 heterocycles. The topological polar surface area (TPSA) is 76.0 Å². The third kappa shape index (κ3) is 4.53. The zero-order chi connectivity index (χ0) is 19.2. The number of hydrogen-bond donors (Lipinski definition) is 2. The summed E-state index contributed by atoms with van der Waals surface area (Å²) in [6.07, 6.45) is 2.88. The lowest BCUT2D eigenvalue weighted by Gasteiger charge is -2.11. The second-order valence-corrected chi connectivity index (χ2v) is 6.57. The van der Waals surface area contributed by atoms with Crippen molar-refractivity contribution in [2.24, 2.45) is 0 Å². The van der Waals surface area contributed by atoms with Gasteiger partial charge in [0.1, 0.15) is 12.4 Å². The average Bonchev–Trinajstić information content (AvgIpc) is 3.02. The molecular formula is C21H24N4O2. The number of amides is 2. The van der Waals surface area contributed by atoms with Crippen molar-refractivity contribution in [2.75, 3.05) is 0 Å². The standard InChI is InChI=1S/C21H24N4O2/c1-3-4-9-19-22-17-7-5-6-8-18(17)25(19)14-20(26)23-24-21(27)16-12-10-15(2)11-13-16/h5-8,10-13H,3-4,9,14H2,1-2H3,(H,23,26)(H,24,27). The monoisotopic (exact) mass is 364 g/mol. The van der Waals surface area contributed by atoms with E-state index in [-0.39, 0.29) is 18.4 Å². The van der Waals surface area contributed by atoms with E-state index in [2.05, 4.69) is 22.8 Å². The number of fused-ring (bicyclic) bond motifs is 1. The number of nitrogens with zero attached hydrogens (tertiary/aromatic N) is 2. The first kappa shape index (κ1) is 18.6. The summed E-state index contributed by atoms with van der Waals surface area (Å²) >= 11 is 0. The van der Waals surface area contributed by atoms with Crippen molar-refractivity contribution < 1.29 is 9.59 Å². The summed E-state index contributed by atoms with van der Waals surface area (Å²) in [5, 5.41) is 0. The summed E-state index contributed by atoms with van der Waals surface area (Å²) in [4.78, 5) is 29.2. The molecule has 0 fully saturated rings. The lowest BCUT2D eigenvalue weighted by Crippen LogP contribution is -2.43. The molecule has 0 aliphatic rings. The van der Waals surface area contributed by atoms with Crippen molar-refractivity contribution in [2.45, 2.75) is 39.7 Å². The van der Waals surface area contributed by atoms with E-state index in [0.717, 1.165) is 41.7 Å². The molecule has 0 spiro atoms. The highest BCUT2D eigenvalue weighted by molar-refractivity contribution is 5.95. The highest BCUT2D eigenvalue weighted by Gasteiger charge is 2.14. The van der Waals surface area contributed by atoms with Gasteiger partial charge >= 0.3 is 0 Å². The summed E-state index contributed by atoms with van der Waals surface area (Å²) in [7, 11) is 0. The molecule has 0 aliphatic carbocycles. The van der Waals surface area contributed by atoms with Gasteiger partial charge in [0.25, 0.3) is 11.8 Å². The fourth-order valence-corrected chi connectivity index (χ4v) is 2.91. The van der Waals surface area contributed by atoms with Gasteiger partial charge in [0.15, 0.2) is 0 Å². The van der Waals surface area contributed by atoms with Crippen LogP contribution in [0.5, 0.6) is 0 Å². The number of hydrazine groups is 1. The summed E-state index contributed by atoms with van der Waals surface area (Å²) in [6, 6.07) is 14.9. The van der Waals surface area contributed by atoms with Crippen LogP contribution in [0.2, 0.25) is 0 Å². The van der Waals surface area contributed by atoms with E-state index in [1.165, 1.54) is 0 Å². The minimum atomic E-state index is -0.343. The number of carbonyl (C=O) groups is 2. The van der Waals surface area contributed by atoms with Crippen LogP contribution in [0.1, 0.15) is 41.5 Å². The second kappa shape index (κ2) is 8.49. The molecule has 1 aromatic heterocycles. The van der Waals surface area contributed by atoms with Gasteiger partial charge in [0, 0.05) is 12.0 Å². The van der Waals surface area contributed by atoms with Crippen molar-refractivity contribution in [3.8, 4) is 0 Å². The number of hydrogen-bond acceptors (Lipinski definition) is 3. The maximum Gasteiger partial charge on any atom is 0.269 e. The van der Waals surface area contributed by atoms with E-state index < -0.39 is 0 Å². The molecule has 0 atom stereocenters. The molecule has 0 saturated carbocycles.